The van der Waals surface area contributed by atoms with Gasteiger partial charge in [0.25, 0.3) is 0 Å². The summed E-state index contributed by atoms with van der Waals surface area (Å²) in [5.41, 5.74) is 0.500. The van der Waals surface area contributed by atoms with Crippen molar-refractivity contribution in [2.45, 2.75) is 77.4 Å². The molecular weight excluding hydrogens is 210 g/mol. The van der Waals surface area contributed by atoms with Crippen LogP contribution < -0.4 is 5.32 Å². The van der Waals surface area contributed by atoms with Crippen LogP contribution in [0.15, 0.2) is 0 Å². The normalized spacial score (nSPS) is 25.4. The van der Waals surface area contributed by atoms with Gasteiger partial charge in [0.05, 0.1) is 6.10 Å². The Morgan fingerprint density at radius 1 is 1.18 bits per heavy atom. The molecule has 0 aromatic rings. The van der Waals surface area contributed by atoms with Gasteiger partial charge in [0, 0.05) is 12.6 Å². The van der Waals surface area contributed by atoms with Crippen molar-refractivity contribution in [2.24, 2.45) is 5.41 Å². The lowest BCUT2D eigenvalue weighted by atomic mass is 9.83. The predicted octanol–water partition coefficient (Wildman–Crippen LogP) is 3.50. The van der Waals surface area contributed by atoms with Crippen molar-refractivity contribution < 1.29 is 4.74 Å². The zero-order chi connectivity index (χ0) is 12.1. The van der Waals surface area contributed by atoms with Crippen LogP contribution in [0.2, 0.25) is 0 Å². The molecule has 0 amide bonds. The maximum Gasteiger partial charge on any atom is 0.0576 e. The monoisotopic (exact) mass is 239 g/mol. The smallest absolute Gasteiger partial charge is 0.0576 e. The van der Waals surface area contributed by atoms with Crippen molar-refractivity contribution in [2.75, 3.05) is 13.2 Å². The average molecular weight is 239 g/mol. The molecule has 0 aromatic heterocycles. The summed E-state index contributed by atoms with van der Waals surface area (Å²) >= 11 is 0. The first kappa shape index (κ1) is 13.4. The van der Waals surface area contributed by atoms with Gasteiger partial charge in [0.15, 0.2) is 0 Å². The fraction of sp³-hybridized carbons (Fsp3) is 1.00. The van der Waals surface area contributed by atoms with Crippen LogP contribution in [0.5, 0.6) is 0 Å². The van der Waals surface area contributed by atoms with E-state index in [1.807, 2.05) is 0 Å². The summed E-state index contributed by atoms with van der Waals surface area (Å²) in [5, 5.41) is 3.62. The minimum atomic E-state index is 0.500. The Labute approximate surface area is 107 Å². The highest BCUT2D eigenvalue weighted by molar-refractivity contribution is 4.82. The molecule has 2 fully saturated rings. The largest absolute Gasteiger partial charge is 0.378 e. The van der Waals surface area contributed by atoms with Crippen molar-refractivity contribution in [3.63, 3.8) is 0 Å². The lowest BCUT2D eigenvalue weighted by Crippen LogP contribution is -2.24. The second-order valence-electron chi connectivity index (χ2n) is 6.67. The maximum absolute atomic E-state index is 5.68. The molecule has 2 nitrogen and oxygen atoms in total. The highest BCUT2D eigenvalue weighted by Crippen LogP contribution is 2.29. The fourth-order valence-corrected chi connectivity index (χ4v) is 2.71. The molecular formula is C15H29NO. The second-order valence-corrected chi connectivity index (χ2v) is 6.67. The molecule has 0 spiro atoms. The Morgan fingerprint density at radius 3 is 2.65 bits per heavy atom. The van der Waals surface area contributed by atoms with Crippen LogP contribution in [-0.2, 0) is 4.74 Å². The summed E-state index contributed by atoms with van der Waals surface area (Å²) in [7, 11) is 0. The van der Waals surface area contributed by atoms with Crippen LogP contribution in [0.1, 0.15) is 65.2 Å². The Balaban J connectivity index is 1.51. The van der Waals surface area contributed by atoms with Crippen LogP contribution in [0.4, 0.5) is 0 Å². The molecule has 17 heavy (non-hydrogen) atoms. The van der Waals surface area contributed by atoms with Gasteiger partial charge in [-0.2, -0.15) is 0 Å². The van der Waals surface area contributed by atoms with Gasteiger partial charge in [-0.3, -0.25) is 0 Å². The van der Waals surface area contributed by atoms with Gasteiger partial charge < -0.3 is 10.1 Å². The Bertz CT molecular complexity index is 217. The first-order chi connectivity index (χ1) is 8.16. The van der Waals surface area contributed by atoms with Crippen LogP contribution in [0.25, 0.3) is 0 Å². The zero-order valence-electron chi connectivity index (χ0n) is 11.6. The zero-order valence-corrected chi connectivity index (χ0v) is 11.6. The van der Waals surface area contributed by atoms with Crippen molar-refractivity contribution in [1.29, 1.82) is 0 Å². The number of hydrogen-bond acceptors (Lipinski definition) is 2. The van der Waals surface area contributed by atoms with E-state index in [9.17, 15) is 0 Å². The minimum absolute atomic E-state index is 0.500. The molecule has 1 atom stereocenters. The lowest BCUT2D eigenvalue weighted by Gasteiger charge is -2.25. The molecule has 1 aliphatic heterocycles. The highest BCUT2D eigenvalue weighted by Gasteiger charge is 2.23. The molecule has 2 rings (SSSR count). The van der Waals surface area contributed by atoms with Crippen molar-refractivity contribution in [1.82, 2.24) is 5.32 Å². The van der Waals surface area contributed by atoms with Crippen LogP contribution >= 0.6 is 0 Å². The number of hydrogen-bond donors (Lipinski definition) is 1. The van der Waals surface area contributed by atoms with Crippen molar-refractivity contribution >= 4 is 0 Å². The third-order valence-corrected chi connectivity index (χ3v) is 4.22. The summed E-state index contributed by atoms with van der Waals surface area (Å²) < 4.78 is 5.68. The third kappa shape index (κ3) is 5.39. The summed E-state index contributed by atoms with van der Waals surface area (Å²) in [6.07, 6.45) is 11.2. The Kier molecular flexibility index (Phi) is 4.87. The highest BCUT2D eigenvalue weighted by atomic mass is 16.5. The van der Waals surface area contributed by atoms with Crippen LogP contribution in [-0.4, -0.2) is 25.3 Å². The SMILES string of the molecule is CC(C)(CCCC1CCCO1)CCNC1CC1. The van der Waals surface area contributed by atoms with Crippen LogP contribution in [0, 0.1) is 5.41 Å². The molecule has 2 heteroatoms. The van der Waals surface area contributed by atoms with E-state index >= 15 is 0 Å². The Hall–Kier alpha value is -0.0800. The molecule has 1 saturated carbocycles. The number of rotatable bonds is 8. The standard InChI is InChI=1S/C15H29NO/c1-15(2,10-11-16-13-7-8-13)9-3-5-14-6-4-12-17-14/h13-14,16H,3-12H2,1-2H3. The quantitative estimate of drug-likeness (QED) is 0.700. The van der Waals surface area contributed by atoms with E-state index in [-0.39, 0.29) is 0 Å². The molecule has 1 heterocycles. The molecule has 0 aromatic carbocycles. The maximum atomic E-state index is 5.68. The van der Waals surface area contributed by atoms with Gasteiger partial charge >= 0.3 is 0 Å². The molecule has 0 radical (unpaired) electrons. The Morgan fingerprint density at radius 2 is 2.00 bits per heavy atom. The lowest BCUT2D eigenvalue weighted by molar-refractivity contribution is 0.0983. The molecule has 100 valence electrons. The van der Waals surface area contributed by atoms with Gasteiger partial charge in [-0.1, -0.05) is 20.3 Å². The average Bonchev–Trinajstić information content (AvgIpc) is 2.93. The van der Waals surface area contributed by atoms with E-state index in [4.69, 9.17) is 4.74 Å². The van der Waals surface area contributed by atoms with Gasteiger partial charge in [-0.25, -0.2) is 0 Å². The van der Waals surface area contributed by atoms with Gasteiger partial charge in [-0.15, -0.1) is 0 Å². The molecule has 0 bridgehead atoms. The molecule has 2 aliphatic rings. The summed E-state index contributed by atoms with van der Waals surface area (Å²) in [6, 6.07) is 0.859. The van der Waals surface area contributed by atoms with Crippen molar-refractivity contribution in [3.05, 3.63) is 0 Å². The first-order valence-corrected chi connectivity index (χ1v) is 7.51. The summed E-state index contributed by atoms with van der Waals surface area (Å²) in [4.78, 5) is 0. The van der Waals surface area contributed by atoms with Crippen molar-refractivity contribution in [3.8, 4) is 0 Å². The number of nitrogens with one attached hydrogen (secondary N) is 1. The summed E-state index contributed by atoms with van der Waals surface area (Å²) in [5.74, 6) is 0. The molecule has 1 unspecified atom stereocenters. The van der Waals surface area contributed by atoms with Gasteiger partial charge in [0.1, 0.15) is 0 Å². The van der Waals surface area contributed by atoms with E-state index in [1.165, 1.54) is 57.9 Å². The van der Waals surface area contributed by atoms with Gasteiger partial charge in [-0.05, 0) is 56.9 Å². The molecule has 1 N–H and O–H groups in total. The number of ether oxygens (including phenoxy) is 1. The minimum Gasteiger partial charge on any atom is -0.378 e. The molecule has 1 saturated heterocycles. The van der Waals surface area contributed by atoms with E-state index in [0.29, 0.717) is 11.5 Å². The first-order valence-electron chi connectivity index (χ1n) is 7.51. The summed E-state index contributed by atoms with van der Waals surface area (Å²) in [6.45, 7) is 7.03. The van der Waals surface area contributed by atoms with E-state index in [1.54, 1.807) is 0 Å². The third-order valence-electron chi connectivity index (χ3n) is 4.22. The predicted molar refractivity (Wildman–Crippen MR) is 72.2 cm³/mol. The molecule has 1 aliphatic carbocycles. The fourth-order valence-electron chi connectivity index (χ4n) is 2.71. The van der Waals surface area contributed by atoms with Crippen LogP contribution in [0.3, 0.4) is 0 Å². The van der Waals surface area contributed by atoms with E-state index in [0.717, 1.165) is 12.6 Å². The topological polar surface area (TPSA) is 21.3 Å². The van der Waals surface area contributed by atoms with Gasteiger partial charge in [0.2, 0.25) is 0 Å². The van der Waals surface area contributed by atoms with E-state index < -0.39 is 0 Å². The van der Waals surface area contributed by atoms with E-state index in [2.05, 4.69) is 19.2 Å². The second kappa shape index (κ2) is 6.19.